The fourth-order valence-electron chi connectivity index (χ4n) is 1.46. The van der Waals surface area contributed by atoms with Crippen molar-refractivity contribution < 1.29 is 9.59 Å². The van der Waals surface area contributed by atoms with E-state index in [9.17, 15) is 9.59 Å². The van der Waals surface area contributed by atoms with Crippen molar-refractivity contribution in [2.75, 3.05) is 6.54 Å². The van der Waals surface area contributed by atoms with Gasteiger partial charge in [-0.05, 0) is 12.8 Å². The second kappa shape index (κ2) is 4.21. The third kappa shape index (κ3) is 2.17. The molecule has 0 aliphatic carbocycles. The first-order valence-corrected chi connectivity index (χ1v) is 4.69. The maximum Gasteiger partial charge on any atom is 0.227 e. The number of ketones is 1. The predicted octanol–water partition coefficient (Wildman–Crippen LogP) is 1.49. The van der Waals surface area contributed by atoms with Crippen LogP contribution in [0.3, 0.4) is 0 Å². The Hall–Kier alpha value is -1.12. The highest BCUT2D eigenvalue weighted by molar-refractivity contribution is 5.98. The molecule has 0 aromatic heterocycles. The Balaban J connectivity index is 2.56. The van der Waals surface area contributed by atoms with Crippen molar-refractivity contribution >= 4 is 11.7 Å². The molecule has 0 N–H and O–H groups in total. The molecule has 0 atom stereocenters. The summed E-state index contributed by atoms with van der Waals surface area (Å²) in [5.74, 6) is 0.0344. The fourth-order valence-corrected chi connectivity index (χ4v) is 1.46. The molecular formula is C10H15NO2. The summed E-state index contributed by atoms with van der Waals surface area (Å²) in [6.45, 7) is 6.26. The van der Waals surface area contributed by atoms with Gasteiger partial charge in [-0.1, -0.05) is 13.5 Å². The molecule has 1 rings (SSSR count). The molecule has 0 radical (unpaired) electrons. The van der Waals surface area contributed by atoms with Crippen molar-refractivity contribution in [1.82, 2.24) is 4.90 Å². The van der Waals surface area contributed by atoms with E-state index < -0.39 is 0 Å². The smallest absolute Gasteiger partial charge is 0.227 e. The minimum atomic E-state index is -0.00208. The molecule has 1 fully saturated rings. The third-order valence-electron chi connectivity index (χ3n) is 2.20. The minimum absolute atomic E-state index is 0.00208. The zero-order valence-corrected chi connectivity index (χ0v) is 8.01. The van der Waals surface area contributed by atoms with E-state index in [1.165, 1.54) is 4.90 Å². The van der Waals surface area contributed by atoms with E-state index in [0.29, 0.717) is 25.1 Å². The molecule has 13 heavy (non-hydrogen) atoms. The molecule has 0 bridgehead atoms. The van der Waals surface area contributed by atoms with Crippen LogP contribution in [0.2, 0.25) is 0 Å². The van der Waals surface area contributed by atoms with Crippen molar-refractivity contribution in [3.05, 3.63) is 12.3 Å². The van der Waals surface area contributed by atoms with E-state index >= 15 is 0 Å². The topological polar surface area (TPSA) is 37.4 Å². The Kier molecular flexibility index (Phi) is 3.23. The lowest BCUT2D eigenvalue weighted by Gasteiger charge is -2.16. The highest BCUT2D eigenvalue weighted by atomic mass is 16.2. The van der Waals surface area contributed by atoms with Gasteiger partial charge in [-0.3, -0.25) is 9.59 Å². The number of Topliss-reactive ketones (excluding diaryl/α,β-unsaturated/α-hetero) is 1. The molecular weight excluding hydrogens is 166 g/mol. The monoisotopic (exact) mass is 181 g/mol. The van der Waals surface area contributed by atoms with Gasteiger partial charge < -0.3 is 4.90 Å². The summed E-state index contributed by atoms with van der Waals surface area (Å²) in [6.07, 6.45) is 2.69. The number of likely N-dealkylation sites (tertiary alicyclic amines) is 1. The molecule has 3 heteroatoms. The fraction of sp³-hybridized carbons (Fsp3) is 0.600. The summed E-state index contributed by atoms with van der Waals surface area (Å²) < 4.78 is 0. The van der Waals surface area contributed by atoms with Crippen LogP contribution in [0.5, 0.6) is 0 Å². The molecule has 1 aliphatic heterocycles. The Bertz CT molecular complexity index is 245. The molecule has 0 spiro atoms. The maximum absolute atomic E-state index is 11.4. The molecule has 0 aromatic carbocycles. The van der Waals surface area contributed by atoms with Gasteiger partial charge in [-0.25, -0.2) is 0 Å². The Morgan fingerprint density at radius 1 is 1.62 bits per heavy atom. The number of carbonyl (C=O) groups excluding carboxylic acids is 2. The number of hydrogen-bond acceptors (Lipinski definition) is 2. The summed E-state index contributed by atoms with van der Waals surface area (Å²) in [7, 11) is 0. The molecule has 1 aliphatic rings. The number of amides is 1. The summed E-state index contributed by atoms with van der Waals surface area (Å²) >= 11 is 0. The number of nitrogens with zero attached hydrogens (tertiary/aromatic N) is 1. The van der Waals surface area contributed by atoms with E-state index in [1.807, 2.05) is 6.92 Å². The van der Waals surface area contributed by atoms with E-state index in [1.54, 1.807) is 0 Å². The first-order chi connectivity index (χ1) is 6.16. The quantitative estimate of drug-likeness (QED) is 0.616. The van der Waals surface area contributed by atoms with Gasteiger partial charge in [0.25, 0.3) is 0 Å². The van der Waals surface area contributed by atoms with Crippen LogP contribution in [-0.4, -0.2) is 23.1 Å². The third-order valence-corrected chi connectivity index (χ3v) is 2.20. The Morgan fingerprint density at radius 3 is 2.77 bits per heavy atom. The highest BCUT2D eigenvalue weighted by Crippen LogP contribution is 2.16. The molecule has 0 unspecified atom stereocenters. The lowest BCUT2D eigenvalue weighted by Crippen LogP contribution is -2.27. The summed E-state index contributed by atoms with van der Waals surface area (Å²) in [5.41, 5.74) is 0.379. The average molecular weight is 181 g/mol. The van der Waals surface area contributed by atoms with Gasteiger partial charge in [0.2, 0.25) is 5.91 Å². The molecule has 1 saturated heterocycles. The zero-order valence-electron chi connectivity index (χ0n) is 8.01. The van der Waals surface area contributed by atoms with Crippen LogP contribution in [0.25, 0.3) is 0 Å². The van der Waals surface area contributed by atoms with Crippen LogP contribution < -0.4 is 0 Å². The standard InChI is InChI=1S/C10H15NO2/c1-3-5-9(12)8(2)11-7-4-6-10(11)13/h2-7H2,1H3. The van der Waals surface area contributed by atoms with Crippen LogP contribution in [0.1, 0.15) is 32.6 Å². The van der Waals surface area contributed by atoms with Crippen molar-refractivity contribution in [3.63, 3.8) is 0 Å². The van der Waals surface area contributed by atoms with E-state index in [-0.39, 0.29) is 11.7 Å². The van der Waals surface area contributed by atoms with Gasteiger partial charge in [0.05, 0.1) is 5.70 Å². The van der Waals surface area contributed by atoms with Gasteiger partial charge in [0.15, 0.2) is 5.78 Å². The van der Waals surface area contributed by atoms with Gasteiger partial charge in [-0.15, -0.1) is 0 Å². The first kappa shape index (κ1) is 9.96. The van der Waals surface area contributed by atoms with Gasteiger partial charge in [-0.2, -0.15) is 0 Å². The maximum atomic E-state index is 11.4. The normalized spacial score (nSPS) is 16.4. The number of allylic oxidation sites excluding steroid dienone is 1. The van der Waals surface area contributed by atoms with Crippen LogP contribution in [-0.2, 0) is 9.59 Å². The zero-order chi connectivity index (χ0) is 9.84. The molecule has 3 nitrogen and oxygen atoms in total. The minimum Gasteiger partial charge on any atom is -0.310 e. The molecule has 0 aromatic rings. The average Bonchev–Trinajstić information content (AvgIpc) is 2.50. The summed E-state index contributed by atoms with van der Waals surface area (Å²) in [6, 6.07) is 0. The largest absolute Gasteiger partial charge is 0.310 e. The second-order valence-corrected chi connectivity index (χ2v) is 3.27. The predicted molar refractivity (Wildman–Crippen MR) is 50.0 cm³/mol. The second-order valence-electron chi connectivity index (χ2n) is 3.27. The Morgan fingerprint density at radius 2 is 2.31 bits per heavy atom. The molecule has 0 saturated carbocycles. The number of rotatable bonds is 4. The van der Waals surface area contributed by atoms with Crippen LogP contribution in [0.4, 0.5) is 0 Å². The van der Waals surface area contributed by atoms with Crippen LogP contribution >= 0.6 is 0 Å². The van der Waals surface area contributed by atoms with Gasteiger partial charge in [0.1, 0.15) is 0 Å². The van der Waals surface area contributed by atoms with Crippen molar-refractivity contribution in [1.29, 1.82) is 0 Å². The van der Waals surface area contributed by atoms with Crippen molar-refractivity contribution in [2.45, 2.75) is 32.6 Å². The lowest BCUT2D eigenvalue weighted by molar-refractivity contribution is -0.129. The first-order valence-electron chi connectivity index (χ1n) is 4.69. The lowest BCUT2D eigenvalue weighted by atomic mass is 10.2. The molecule has 1 amide bonds. The number of hydrogen-bond donors (Lipinski definition) is 0. The van der Waals surface area contributed by atoms with Gasteiger partial charge >= 0.3 is 0 Å². The molecule has 1 heterocycles. The van der Waals surface area contributed by atoms with E-state index in [0.717, 1.165) is 12.8 Å². The summed E-state index contributed by atoms with van der Waals surface area (Å²) in [4.78, 5) is 24.1. The van der Waals surface area contributed by atoms with E-state index in [2.05, 4.69) is 6.58 Å². The number of carbonyl (C=O) groups is 2. The van der Waals surface area contributed by atoms with Crippen molar-refractivity contribution in [2.24, 2.45) is 0 Å². The van der Waals surface area contributed by atoms with Gasteiger partial charge in [0, 0.05) is 19.4 Å². The summed E-state index contributed by atoms with van der Waals surface area (Å²) in [5, 5.41) is 0. The van der Waals surface area contributed by atoms with E-state index in [4.69, 9.17) is 0 Å². The van der Waals surface area contributed by atoms with Crippen LogP contribution in [0, 0.1) is 0 Å². The van der Waals surface area contributed by atoms with Crippen LogP contribution in [0.15, 0.2) is 12.3 Å². The SMILES string of the molecule is C=C(C(=O)CCC)N1CCCC1=O. The van der Waals surface area contributed by atoms with Crippen molar-refractivity contribution in [3.8, 4) is 0 Å². The Labute approximate surface area is 78.4 Å². The molecule has 72 valence electrons. The highest BCUT2D eigenvalue weighted by Gasteiger charge is 2.25.